The van der Waals surface area contributed by atoms with Crippen LogP contribution in [0.2, 0.25) is 0 Å². The minimum atomic E-state index is -0.236. The van der Waals surface area contributed by atoms with E-state index in [0.29, 0.717) is 0 Å². The summed E-state index contributed by atoms with van der Waals surface area (Å²) in [6, 6.07) is 14.3. The molecule has 0 fully saturated rings. The van der Waals surface area contributed by atoms with E-state index in [-0.39, 0.29) is 5.82 Å². The molecule has 1 heterocycles. The van der Waals surface area contributed by atoms with Crippen LogP contribution in [0.5, 0.6) is 0 Å². The SMILES string of the molecule is Fc1cccc(/C=C\c2cnnc3ccccc23)c1. The van der Waals surface area contributed by atoms with Crippen molar-refractivity contribution in [3.63, 3.8) is 0 Å². The summed E-state index contributed by atoms with van der Waals surface area (Å²) in [5.41, 5.74) is 2.64. The van der Waals surface area contributed by atoms with Gasteiger partial charge in [-0.2, -0.15) is 10.2 Å². The Morgan fingerprint density at radius 1 is 0.947 bits per heavy atom. The Morgan fingerprint density at radius 2 is 1.84 bits per heavy atom. The second-order valence-electron chi connectivity index (χ2n) is 4.21. The summed E-state index contributed by atoms with van der Waals surface area (Å²) in [6.45, 7) is 0. The van der Waals surface area contributed by atoms with Gasteiger partial charge in [0, 0.05) is 10.9 Å². The van der Waals surface area contributed by atoms with Crippen LogP contribution in [-0.2, 0) is 0 Å². The lowest BCUT2D eigenvalue weighted by Crippen LogP contribution is -1.86. The number of nitrogens with zero attached hydrogens (tertiary/aromatic N) is 2. The van der Waals surface area contributed by atoms with Gasteiger partial charge in [-0.3, -0.25) is 0 Å². The molecule has 92 valence electrons. The Morgan fingerprint density at radius 3 is 2.74 bits per heavy atom. The van der Waals surface area contributed by atoms with Crippen molar-refractivity contribution < 1.29 is 4.39 Å². The molecule has 0 N–H and O–H groups in total. The van der Waals surface area contributed by atoms with Gasteiger partial charge in [-0.05, 0) is 23.8 Å². The van der Waals surface area contributed by atoms with Crippen LogP contribution in [-0.4, -0.2) is 10.2 Å². The second-order valence-corrected chi connectivity index (χ2v) is 4.21. The van der Waals surface area contributed by atoms with Gasteiger partial charge in [0.1, 0.15) is 5.82 Å². The molecule has 0 aliphatic heterocycles. The molecule has 0 aliphatic rings. The Kier molecular flexibility index (Phi) is 3.02. The third kappa shape index (κ3) is 2.50. The van der Waals surface area contributed by atoms with E-state index in [9.17, 15) is 4.39 Å². The number of hydrogen-bond acceptors (Lipinski definition) is 2. The summed E-state index contributed by atoms with van der Waals surface area (Å²) in [4.78, 5) is 0. The van der Waals surface area contributed by atoms with Gasteiger partial charge in [-0.25, -0.2) is 4.39 Å². The highest BCUT2D eigenvalue weighted by Crippen LogP contribution is 2.17. The van der Waals surface area contributed by atoms with Crippen LogP contribution in [0.15, 0.2) is 54.7 Å². The van der Waals surface area contributed by atoms with Crippen molar-refractivity contribution >= 4 is 23.1 Å². The summed E-state index contributed by atoms with van der Waals surface area (Å²) in [5.74, 6) is -0.236. The zero-order valence-corrected chi connectivity index (χ0v) is 10.1. The topological polar surface area (TPSA) is 25.8 Å². The molecule has 2 aromatic carbocycles. The van der Waals surface area contributed by atoms with Gasteiger partial charge in [0.25, 0.3) is 0 Å². The number of halogens is 1. The molecule has 0 atom stereocenters. The second kappa shape index (κ2) is 4.98. The van der Waals surface area contributed by atoms with Crippen molar-refractivity contribution in [2.45, 2.75) is 0 Å². The average Bonchev–Trinajstić information content (AvgIpc) is 2.45. The zero-order valence-electron chi connectivity index (χ0n) is 10.1. The summed E-state index contributed by atoms with van der Waals surface area (Å²) in [5, 5.41) is 9.07. The summed E-state index contributed by atoms with van der Waals surface area (Å²) in [6.07, 6.45) is 5.50. The molecule has 0 saturated heterocycles. The normalized spacial score (nSPS) is 11.2. The largest absolute Gasteiger partial charge is 0.207 e. The number of fused-ring (bicyclic) bond motifs is 1. The van der Waals surface area contributed by atoms with E-state index in [1.54, 1.807) is 12.3 Å². The molecule has 0 aliphatic carbocycles. The fourth-order valence-electron chi connectivity index (χ4n) is 1.96. The van der Waals surface area contributed by atoms with E-state index in [1.807, 2.05) is 42.5 Å². The molecule has 3 aromatic rings. The van der Waals surface area contributed by atoms with Crippen LogP contribution in [0, 0.1) is 5.82 Å². The molecular weight excluding hydrogens is 239 g/mol. The first kappa shape index (κ1) is 11.5. The van der Waals surface area contributed by atoms with Crippen LogP contribution < -0.4 is 0 Å². The maximum absolute atomic E-state index is 13.1. The average molecular weight is 250 g/mol. The Hall–Kier alpha value is -2.55. The van der Waals surface area contributed by atoms with Crippen molar-refractivity contribution in [3.8, 4) is 0 Å². The van der Waals surface area contributed by atoms with Gasteiger partial charge < -0.3 is 0 Å². The lowest BCUT2D eigenvalue weighted by Gasteiger charge is -2.00. The third-order valence-corrected chi connectivity index (χ3v) is 2.88. The van der Waals surface area contributed by atoms with Crippen LogP contribution in [0.1, 0.15) is 11.1 Å². The van der Waals surface area contributed by atoms with Crippen LogP contribution >= 0.6 is 0 Å². The molecule has 1 aromatic heterocycles. The molecule has 0 saturated carbocycles. The summed E-state index contributed by atoms with van der Waals surface area (Å²) >= 11 is 0. The minimum absolute atomic E-state index is 0.236. The lowest BCUT2D eigenvalue weighted by atomic mass is 10.1. The maximum atomic E-state index is 13.1. The van der Waals surface area contributed by atoms with Crippen molar-refractivity contribution in [3.05, 3.63) is 71.7 Å². The molecule has 19 heavy (non-hydrogen) atoms. The Labute approximate surface area is 110 Å². The highest BCUT2D eigenvalue weighted by molar-refractivity contribution is 5.89. The van der Waals surface area contributed by atoms with Crippen molar-refractivity contribution in [1.29, 1.82) is 0 Å². The Bertz CT molecular complexity index is 745. The smallest absolute Gasteiger partial charge is 0.123 e. The predicted octanol–water partition coefficient (Wildman–Crippen LogP) is 3.94. The molecule has 2 nitrogen and oxygen atoms in total. The number of hydrogen-bond donors (Lipinski definition) is 0. The standard InChI is InChI=1S/C16H11FN2/c17-14-5-3-4-12(10-14)8-9-13-11-18-19-16-7-2-1-6-15(13)16/h1-11H/b9-8-. The van der Waals surface area contributed by atoms with E-state index in [2.05, 4.69) is 10.2 Å². The minimum Gasteiger partial charge on any atom is -0.207 e. The van der Waals surface area contributed by atoms with Gasteiger partial charge in [0.2, 0.25) is 0 Å². The van der Waals surface area contributed by atoms with Crippen molar-refractivity contribution in [2.24, 2.45) is 0 Å². The van der Waals surface area contributed by atoms with Crippen molar-refractivity contribution in [1.82, 2.24) is 10.2 Å². The van der Waals surface area contributed by atoms with E-state index in [0.717, 1.165) is 22.0 Å². The molecule has 0 unspecified atom stereocenters. The number of benzene rings is 2. The summed E-state index contributed by atoms with van der Waals surface area (Å²) < 4.78 is 13.1. The first-order chi connectivity index (χ1) is 9.33. The molecule has 0 amide bonds. The van der Waals surface area contributed by atoms with Crippen LogP contribution in [0.4, 0.5) is 4.39 Å². The highest BCUT2D eigenvalue weighted by atomic mass is 19.1. The van der Waals surface area contributed by atoms with E-state index < -0.39 is 0 Å². The maximum Gasteiger partial charge on any atom is 0.123 e. The van der Waals surface area contributed by atoms with Gasteiger partial charge in [0.05, 0.1) is 11.7 Å². The van der Waals surface area contributed by atoms with Gasteiger partial charge >= 0.3 is 0 Å². The van der Waals surface area contributed by atoms with Crippen molar-refractivity contribution in [2.75, 3.05) is 0 Å². The van der Waals surface area contributed by atoms with E-state index in [4.69, 9.17) is 0 Å². The number of aromatic nitrogens is 2. The molecular formula is C16H11FN2. The first-order valence-electron chi connectivity index (χ1n) is 5.97. The molecule has 3 rings (SSSR count). The quantitative estimate of drug-likeness (QED) is 0.688. The zero-order chi connectivity index (χ0) is 13.1. The predicted molar refractivity (Wildman–Crippen MR) is 74.9 cm³/mol. The monoisotopic (exact) mass is 250 g/mol. The van der Waals surface area contributed by atoms with E-state index in [1.165, 1.54) is 12.1 Å². The first-order valence-corrected chi connectivity index (χ1v) is 5.97. The van der Waals surface area contributed by atoms with Crippen LogP contribution in [0.25, 0.3) is 23.1 Å². The Balaban J connectivity index is 2.02. The van der Waals surface area contributed by atoms with Gasteiger partial charge in [0.15, 0.2) is 0 Å². The summed E-state index contributed by atoms with van der Waals surface area (Å²) in [7, 11) is 0. The fourth-order valence-corrected chi connectivity index (χ4v) is 1.96. The molecule has 3 heteroatoms. The molecule has 0 radical (unpaired) electrons. The third-order valence-electron chi connectivity index (χ3n) is 2.88. The fraction of sp³-hybridized carbons (Fsp3) is 0. The molecule has 0 spiro atoms. The van der Waals surface area contributed by atoms with E-state index >= 15 is 0 Å². The van der Waals surface area contributed by atoms with Gasteiger partial charge in [-0.15, -0.1) is 0 Å². The molecule has 0 bridgehead atoms. The van der Waals surface area contributed by atoms with Crippen LogP contribution in [0.3, 0.4) is 0 Å². The lowest BCUT2D eigenvalue weighted by molar-refractivity contribution is 0.627. The van der Waals surface area contributed by atoms with Gasteiger partial charge in [-0.1, -0.05) is 42.5 Å². The highest BCUT2D eigenvalue weighted by Gasteiger charge is 1.98. The number of rotatable bonds is 2.